The second-order valence-electron chi connectivity index (χ2n) is 4.46. The van der Waals surface area contributed by atoms with E-state index < -0.39 is 15.0 Å². The van der Waals surface area contributed by atoms with E-state index in [1.54, 1.807) is 0 Å². The average molecular weight is 323 g/mol. The molecule has 1 unspecified atom stereocenters. The van der Waals surface area contributed by atoms with E-state index in [1.807, 2.05) is 6.92 Å². The third-order valence-electron chi connectivity index (χ3n) is 2.89. The Morgan fingerprint density at radius 1 is 1.60 bits per heavy atom. The van der Waals surface area contributed by atoms with Crippen LogP contribution in [0.15, 0.2) is 4.90 Å². The minimum atomic E-state index is -4.08. The maximum Gasteiger partial charge on any atom is 0.360 e. The van der Waals surface area contributed by atoms with E-state index >= 15 is 0 Å². The summed E-state index contributed by atoms with van der Waals surface area (Å²) >= 11 is 0. The highest BCUT2D eigenvalue weighted by Crippen LogP contribution is 2.25. The van der Waals surface area contributed by atoms with Crippen LogP contribution in [0.3, 0.4) is 0 Å². The number of carbonyl (C=O) groups is 1. The number of ether oxygens (including phenoxy) is 2. The lowest BCUT2D eigenvalue weighted by Crippen LogP contribution is -2.19. The van der Waals surface area contributed by atoms with Crippen LogP contribution in [0.5, 0.6) is 0 Å². The maximum absolute atomic E-state index is 12.0. The van der Waals surface area contributed by atoms with Gasteiger partial charge < -0.3 is 9.47 Å². The predicted octanol–water partition coefficient (Wildman–Crippen LogP) is 1.24. The lowest BCUT2D eigenvalue weighted by molar-refractivity contribution is 0.0259. The fourth-order valence-corrected chi connectivity index (χ4v) is 3.30. The van der Waals surface area contributed by atoms with Crippen molar-refractivity contribution in [1.82, 2.24) is 10.2 Å². The molecule has 0 saturated carbocycles. The number of hydrogen-bond donors (Lipinski definition) is 1. The van der Waals surface area contributed by atoms with Gasteiger partial charge in [-0.25, -0.2) is 13.2 Å². The summed E-state index contributed by atoms with van der Waals surface area (Å²) in [4.78, 5) is 11.7. The predicted molar refractivity (Wildman–Crippen MR) is 70.3 cm³/mol. The quantitative estimate of drug-likeness (QED) is 0.647. The summed E-state index contributed by atoms with van der Waals surface area (Å²) < 4.78 is 33.5. The van der Waals surface area contributed by atoms with E-state index in [0.717, 1.165) is 0 Å². The Morgan fingerprint density at radius 2 is 2.35 bits per heavy atom. The summed E-state index contributed by atoms with van der Waals surface area (Å²) in [5.41, 5.74) is 0.0208. The Labute approximate surface area is 121 Å². The van der Waals surface area contributed by atoms with Crippen LogP contribution in [-0.4, -0.2) is 43.9 Å². The van der Waals surface area contributed by atoms with Crippen molar-refractivity contribution in [2.75, 3.05) is 13.2 Å². The van der Waals surface area contributed by atoms with Crippen molar-refractivity contribution in [3.63, 3.8) is 0 Å². The minimum Gasteiger partial charge on any atom is -0.455 e. The molecule has 1 N–H and O–H groups in total. The van der Waals surface area contributed by atoms with Gasteiger partial charge in [0.2, 0.25) is 0 Å². The van der Waals surface area contributed by atoms with Crippen molar-refractivity contribution in [3.8, 4) is 0 Å². The monoisotopic (exact) mass is 322 g/mol. The molecule has 1 atom stereocenters. The molecule has 0 radical (unpaired) electrons. The van der Waals surface area contributed by atoms with Crippen molar-refractivity contribution < 1.29 is 22.7 Å². The van der Waals surface area contributed by atoms with Crippen LogP contribution >= 0.6 is 10.7 Å². The molecule has 1 saturated heterocycles. The SMILES string of the molecule is CCCc1[nH]nc(C(=O)OC2CCOC2)c1S(=O)(=O)Cl. The number of aromatic amines is 1. The van der Waals surface area contributed by atoms with Crippen LogP contribution in [0.4, 0.5) is 0 Å². The van der Waals surface area contributed by atoms with Crippen LogP contribution in [0.2, 0.25) is 0 Å². The topological polar surface area (TPSA) is 98.3 Å². The van der Waals surface area contributed by atoms with E-state index in [2.05, 4.69) is 10.2 Å². The van der Waals surface area contributed by atoms with E-state index in [4.69, 9.17) is 20.2 Å². The molecule has 1 aliphatic rings. The first-order valence-electron chi connectivity index (χ1n) is 6.24. The lowest BCUT2D eigenvalue weighted by atomic mass is 10.2. The van der Waals surface area contributed by atoms with E-state index in [9.17, 15) is 13.2 Å². The molecule has 1 aromatic heterocycles. The van der Waals surface area contributed by atoms with Gasteiger partial charge >= 0.3 is 5.97 Å². The Kier molecular flexibility index (Phi) is 4.66. The minimum absolute atomic E-state index is 0.287. The summed E-state index contributed by atoms with van der Waals surface area (Å²) in [6.45, 7) is 2.69. The smallest absolute Gasteiger partial charge is 0.360 e. The molecule has 112 valence electrons. The van der Waals surface area contributed by atoms with Gasteiger partial charge in [-0.15, -0.1) is 0 Å². The van der Waals surface area contributed by atoms with Gasteiger partial charge in [-0.1, -0.05) is 13.3 Å². The van der Waals surface area contributed by atoms with Crippen molar-refractivity contribution in [2.24, 2.45) is 0 Å². The first-order chi connectivity index (χ1) is 9.43. The molecular formula is C11H15ClN2O5S. The van der Waals surface area contributed by atoms with Gasteiger partial charge in [0.1, 0.15) is 11.0 Å². The summed E-state index contributed by atoms with van der Waals surface area (Å²) in [7, 11) is 1.31. The van der Waals surface area contributed by atoms with Gasteiger partial charge in [0, 0.05) is 17.1 Å². The molecule has 0 aliphatic carbocycles. The molecule has 1 fully saturated rings. The molecule has 2 rings (SSSR count). The highest BCUT2D eigenvalue weighted by molar-refractivity contribution is 8.13. The van der Waals surface area contributed by atoms with Crippen molar-refractivity contribution in [1.29, 1.82) is 0 Å². The van der Waals surface area contributed by atoms with Crippen LogP contribution in [0.25, 0.3) is 0 Å². The molecule has 20 heavy (non-hydrogen) atoms. The van der Waals surface area contributed by atoms with Crippen molar-refractivity contribution in [2.45, 2.75) is 37.2 Å². The fraction of sp³-hybridized carbons (Fsp3) is 0.636. The van der Waals surface area contributed by atoms with E-state index in [-0.39, 0.29) is 16.7 Å². The van der Waals surface area contributed by atoms with Gasteiger partial charge in [-0.2, -0.15) is 5.10 Å². The Morgan fingerprint density at radius 3 is 2.90 bits per heavy atom. The number of carbonyl (C=O) groups excluding carboxylic acids is 1. The zero-order chi connectivity index (χ0) is 14.8. The van der Waals surface area contributed by atoms with Crippen molar-refractivity contribution in [3.05, 3.63) is 11.4 Å². The number of esters is 1. The van der Waals surface area contributed by atoms with Gasteiger partial charge in [-0.3, -0.25) is 5.10 Å². The highest BCUT2D eigenvalue weighted by Gasteiger charge is 2.31. The average Bonchev–Trinajstić information content (AvgIpc) is 2.97. The standard InChI is InChI=1S/C11H15ClN2O5S/c1-2-3-8-10(20(12,16)17)9(14-13-8)11(15)19-7-4-5-18-6-7/h7H,2-6H2,1H3,(H,13,14). The number of aryl methyl sites for hydroxylation is 1. The lowest BCUT2D eigenvalue weighted by Gasteiger charge is -2.09. The molecule has 7 nitrogen and oxygen atoms in total. The van der Waals surface area contributed by atoms with E-state index in [1.165, 1.54) is 0 Å². The Balaban J connectivity index is 2.28. The molecular weight excluding hydrogens is 308 g/mol. The molecule has 1 aromatic rings. The fourth-order valence-electron chi connectivity index (χ4n) is 2.00. The largest absolute Gasteiger partial charge is 0.455 e. The van der Waals surface area contributed by atoms with Crippen molar-refractivity contribution >= 4 is 25.7 Å². The Hall–Kier alpha value is -1.12. The van der Waals surface area contributed by atoms with Gasteiger partial charge in [0.25, 0.3) is 9.05 Å². The van der Waals surface area contributed by atoms with Crippen LogP contribution < -0.4 is 0 Å². The molecule has 0 amide bonds. The summed E-state index contributed by atoms with van der Waals surface area (Å²) in [5, 5.41) is 6.28. The summed E-state index contributed by atoms with van der Waals surface area (Å²) in [5.74, 6) is -0.807. The molecule has 0 aromatic carbocycles. The maximum atomic E-state index is 12.0. The number of aromatic nitrogens is 2. The zero-order valence-corrected chi connectivity index (χ0v) is 12.5. The number of hydrogen-bond acceptors (Lipinski definition) is 6. The molecule has 9 heteroatoms. The van der Waals surface area contributed by atoms with Crippen LogP contribution in [0, 0.1) is 0 Å². The Bertz CT molecular complexity index is 592. The molecule has 0 bridgehead atoms. The second kappa shape index (κ2) is 6.11. The normalized spacial score (nSPS) is 19.2. The highest BCUT2D eigenvalue weighted by atomic mass is 35.7. The van der Waals surface area contributed by atoms with Crippen LogP contribution in [-0.2, 0) is 24.9 Å². The second-order valence-corrected chi connectivity index (χ2v) is 6.96. The van der Waals surface area contributed by atoms with E-state index in [0.29, 0.717) is 38.2 Å². The molecule has 1 aliphatic heterocycles. The van der Waals surface area contributed by atoms with Crippen LogP contribution in [0.1, 0.15) is 35.9 Å². The van der Waals surface area contributed by atoms with Gasteiger partial charge in [-0.05, 0) is 6.42 Å². The number of H-pyrrole nitrogens is 1. The third kappa shape index (κ3) is 3.31. The number of nitrogens with one attached hydrogen (secondary N) is 1. The zero-order valence-electron chi connectivity index (χ0n) is 10.9. The molecule has 0 spiro atoms. The first-order valence-corrected chi connectivity index (χ1v) is 8.55. The molecule has 2 heterocycles. The number of halogens is 1. The third-order valence-corrected chi connectivity index (χ3v) is 4.28. The van der Waals surface area contributed by atoms with Gasteiger partial charge in [0.15, 0.2) is 5.69 Å². The first kappa shape index (κ1) is 15.3. The van der Waals surface area contributed by atoms with Gasteiger partial charge in [0.05, 0.1) is 18.9 Å². The number of nitrogens with zero attached hydrogens (tertiary/aromatic N) is 1. The number of rotatable bonds is 5. The summed E-state index contributed by atoms with van der Waals surface area (Å²) in [6.07, 6.45) is 1.32. The summed E-state index contributed by atoms with van der Waals surface area (Å²) in [6, 6.07) is 0.